The molecule has 0 aromatic carbocycles. The Morgan fingerprint density at radius 2 is 1.11 bits per heavy atom. The second-order valence-corrected chi connectivity index (χ2v) is 7.32. The fourth-order valence-electron chi connectivity index (χ4n) is 1.01. The second kappa shape index (κ2) is 7.64. The molecule has 0 bridgehead atoms. The number of unbranched alkanes of at least 4 members (excludes halogenated alkanes) is 1. The van der Waals surface area contributed by atoms with Crippen molar-refractivity contribution < 1.29 is 16.8 Å². The van der Waals surface area contributed by atoms with Gasteiger partial charge in [-0.25, -0.2) is 16.8 Å². The van der Waals surface area contributed by atoms with E-state index in [2.05, 4.69) is 0 Å². The molecule has 0 aromatic rings. The van der Waals surface area contributed by atoms with Crippen LogP contribution in [0.15, 0.2) is 23.0 Å². The van der Waals surface area contributed by atoms with E-state index in [1.165, 1.54) is 0 Å². The zero-order valence-corrected chi connectivity index (χ0v) is 11.1. The predicted molar refractivity (Wildman–Crippen MR) is 66.3 cm³/mol. The van der Waals surface area contributed by atoms with Crippen molar-refractivity contribution >= 4 is 19.7 Å². The Kier molecular flexibility index (Phi) is 6.94. The van der Waals surface area contributed by atoms with Crippen molar-refractivity contribution in [1.82, 2.24) is 0 Å². The molecule has 18 heavy (non-hydrogen) atoms. The monoisotopic (exact) mass is 288 g/mol. The van der Waals surface area contributed by atoms with E-state index >= 15 is 0 Å². The summed E-state index contributed by atoms with van der Waals surface area (Å²) in [6.45, 7) is 0. The first-order valence-corrected chi connectivity index (χ1v) is 8.34. The van der Waals surface area contributed by atoms with Crippen LogP contribution in [-0.4, -0.2) is 28.3 Å². The van der Waals surface area contributed by atoms with Crippen molar-refractivity contribution in [2.75, 3.05) is 11.5 Å². The van der Waals surface area contributed by atoms with Crippen LogP contribution in [0.25, 0.3) is 0 Å². The van der Waals surface area contributed by atoms with Crippen LogP contribution in [0.5, 0.6) is 0 Å². The molecule has 8 heteroatoms. The van der Waals surface area contributed by atoms with Gasteiger partial charge in [-0.05, 0) is 12.8 Å². The second-order valence-electron chi connectivity index (χ2n) is 3.30. The summed E-state index contributed by atoms with van der Waals surface area (Å²) >= 11 is 0. The Bertz CT molecular complexity index is 545. The molecule has 0 rings (SSSR count). The molecule has 0 spiro atoms. The number of hydrogen-bond donors (Lipinski definition) is 0. The van der Waals surface area contributed by atoms with Gasteiger partial charge < -0.3 is 0 Å². The van der Waals surface area contributed by atoms with Crippen molar-refractivity contribution in [2.45, 2.75) is 12.8 Å². The van der Waals surface area contributed by atoms with Gasteiger partial charge >= 0.3 is 0 Å². The van der Waals surface area contributed by atoms with Crippen molar-refractivity contribution in [3.63, 3.8) is 0 Å². The summed E-state index contributed by atoms with van der Waals surface area (Å²) in [5.41, 5.74) is 0. The van der Waals surface area contributed by atoms with Crippen LogP contribution >= 0.6 is 0 Å². The maximum Gasteiger partial charge on any atom is 0.172 e. The lowest BCUT2D eigenvalue weighted by atomic mass is 10.4. The predicted octanol–water partition coefficient (Wildman–Crippen LogP) is 0.671. The van der Waals surface area contributed by atoms with Crippen LogP contribution in [-0.2, 0) is 19.7 Å². The van der Waals surface area contributed by atoms with Gasteiger partial charge in [-0.2, -0.15) is 10.5 Å². The molecule has 0 heterocycles. The molecule has 0 atom stereocenters. The van der Waals surface area contributed by atoms with Gasteiger partial charge in [0.15, 0.2) is 19.7 Å². The molecule has 0 N–H and O–H groups in total. The molecule has 0 aliphatic rings. The van der Waals surface area contributed by atoms with Crippen LogP contribution in [0.3, 0.4) is 0 Å². The highest BCUT2D eigenvalue weighted by atomic mass is 32.2. The first-order valence-electron chi connectivity index (χ1n) is 4.91. The van der Waals surface area contributed by atoms with Gasteiger partial charge in [0.25, 0.3) is 0 Å². The summed E-state index contributed by atoms with van der Waals surface area (Å²) < 4.78 is 45.0. The number of nitriles is 2. The SMILES string of the molecule is N#C/C=C/S(=O)(=O)CCCCS(=O)(=O)/C=C/C#N. The highest BCUT2D eigenvalue weighted by Gasteiger charge is 2.09. The Labute approximate surface area is 107 Å². The fourth-order valence-corrected chi connectivity index (χ4v) is 3.03. The minimum Gasteiger partial charge on any atom is -0.224 e. The van der Waals surface area contributed by atoms with Crippen LogP contribution in [0, 0.1) is 22.7 Å². The normalized spacial score (nSPS) is 12.6. The topological polar surface area (TPSA) is 116 Å². The number of rotatable bonds is 7. The molecule has 0 amide bonds. The van der Waals surface area contributed by atoms with E-state index in [0.717, 1.165) is 23.0 Å². The summed E-state index contributed by atoms with van der Waals surface area (Å²) in [6, 6.07) is 3.13. The smallest absolute Gasteiger partial charge is 0.172 e. The van der Waals surface area contributed by atoms with Gasteiger partial charge in [0.05, 0.1) is 23.6 Å². The molecule has 0 unspecified atom stereocenters. The van der Waals surface area contributed by atoms with E-state index in [-0.39, 0.29) is 24.3 Å². The van der Waals surface area contributed by atoms with Crippen LogP contribution < -0.4 is 0 Å². The maximum absolute atomic E-state index is 11.2. The highest BCUT2D eigenvalue weighted by Crippen LogP contribution is 2.03. The largest absolute Gasteiger partial charge is 0.224 e. The molecule has 0 saturated heterocycles. The Balaban J connectivity index is 4.18. The first kappa shape index (κ1) is 16.4. The lowest BCUT2D eigenvalue weighted by molar-refractivity contribution is 0.594. The van der Waals surface area contributed by atoms with E-state index in [4.69, 9.17) is 10.5 Å². The van der Waals surface area contributed by atoms with E-state index in [1.54, 1.807) is 12.1 Å². The molecule has 98 valence electrons. The summed E-state index contributed by atoms with van der Waals surface area (Å²) in [7, 11) is -6.89. The summed E-state index contributed by atoms with van der Waals surface area (Å²) in [5, 5.41) is 18.0. The maximum atomic E-state index is 11.2. The van der Waals surface area contributed by atoms with Crippen molar-refractivity contribution in [1.29, 1.82) is 10.5 Å². The lowest BCUT2D eigenvalue weighted by Gasteiger charge is -1.99. The molecule has 0 aliphatic heterocycles. The minimum absolute atomic E-state index is 0.178. The minimum atomic E-state index is -3.45. The number of hydrogen-bond acceptors (Lipinski definition) is 6. The van der Waals surface area contributed by atoms with E-state index in [1.807, 2.05) is 0 Å². The van der Waals surface area contributed by atoms with E-state index in [0.29, 0.717) is 0 Å². The molecule has 0 saturated carbocycles. The number of sulfone groups is 2. The van der Waals surface area contributed by atoms with Gasteiger partial charge in [-0.3, -0.25) is 0 Å². The van der Waals surface area contributed by atoms with Gasteiger partial charge in [0, 0.05) is 23.0 Å². The Hall–Kier alpha value is -1.64. The molecule has 0 radical (unpaired) electrons. The third kappa shape index (κ3) is 8.50. The van der Waals surface area contributed by atoms with Gasteiger partial charge in [-0.1, -0.05) is 0 Å². The standard InChI is InChI=1S/C10H12N2O4S2/c11-5-3-9-17(13,14)7-1-2-8-18(15,16)10-4-6-12/h3-4,9-10H,1-2,7-8H2/b9-3+,10-4+. The molecule has 6 nitrogen and oxygen atoms in total. The van der Waals surface area contributed by atoms with Gasteiger partial charge in [0.1, 0.15) is 0 Å². The zero-order valence-electron chi connectivity index (χ0n) is 9.48. The highest BCUT2D eigenvalue weighted by molar-refractivity contribution is 7.94. The summed E-state index contributed by atoms with van der Waals surface area (Å²) in [6.07, 6.45) is 2.08. The van der Waals surface area contributed by atoms with Crippen molar-refractivity contribution in [2.24, 2.45) is 0 Å². The fraction of sp³-hybridized carbons (Fsp3) is 0.400. The van der Waals surface area contributed by atoms with Gasteiger partial charge in [-0.15, -0.1) is 0 Å². The molecule has 0 aliphatic carbocycles. The molecule has 0 aromatic heterocycles. The Morgan fingerprint density at radius 3 is 1.39 bits per heavy atom. The Morgan fingerprint density at radius 1 is 0.778 bits per heavy atom. The first-order chi connectivity index (χ1) is 8.33. The molecular weight excluding hydrogens is 276 g/mol. The van der Waals surface area contributed by atoms with E-state index in [9.17, 15) is 16.8 Å². The van der Waals surface area contributed by atoms with Crippen LogP contribution in [0.2, 0.25) is 0 Å². The van der Waals surface area contributed by atoms with Crippen LogP contribution in [0.1, 0.15) is 12.8 Å². The summed E-state index contributed by atoms with van der Waals surface area (Å²) in [4.78, 5) is 0. The lowest BCUT2D eigenvalue weighted by Crippen LogP contribution is -2.06. The number of allylic oxidation sites excluding steroid dienone is 2. The molecular formula is C10H12N2O4S2. The summed E-state index contributed by atoms with van der Waals surface area (Å²) in [5.74, 6) is -0.411. The van der Waals surface area contributed by atoms with E-state index < -0.39 is 19.7 Å². The third-order valence-corrected chi connectivity index (χ3v) is 4.62. The van der Waals surface area contributed by atoms with Crippen molar-refractivity contribution in [3.05, 3.63) is 23.0 Å². The quantitative estimate of drug-likeness (QED) is 0.502. The number of nitrogens with zero attached hydrogens (tertiary/aromatic N) is 2. The molecule has 0 fully saturated rings. The average Bonchev–Trinajstić information content (AvgIpc) is 2.30. The van der Waals surface area contributed by atoms with Crippen molar-refractivity contribution in [3.8, 4) is 12.1 Å². The van der Waals surface area contributed by atoms with Gasteiger partial charge in [0.2, 0.25) is 0 Å². The third-order valence-electron chi connectivity index (χ3n) is 1.81. The zero-order chi connectivity index (χ0) is 14.1. The van der Waals surface area contributed by atoms with Crippen LogP contribution in [0.4, 0.5) is 0 Å². The average molecular weight is 288 g/mol.